The average Bonchev–Trinajstić information content (AvgIpc) is 2.88. The maximum atomic E-state index is 11.7. The summed E-state index contributed by atoms with van der Waals surface area (Å²) in [6.45, 7) is 0.0775. The minimum atomic E-state index is -0.341. The third kappa shape index (κ3) is 2.31. The van der Waals surface area contributed by atoms with Crippen molar-refractivity contribution >= 4 is 22.7 Å². The molecule has 1 aromatic carbocycles. The lowest BCUT2D eigenvalue weighted by Crippen LogP contribution is -2.12. The van der Waals surface area contributed by atoms with Crippen molar-refractivity contribution in [3.8, 4) is 11.4 Å². The van der Waals surface area contributed by atoms with Gasteiger partial charge < -0.3 is 15.0 Å². The predicted molar refractivity (Wildman–Crippen MR) is 79.4 cm³/mol. The van der Waals surface area contributed by atoms with Crippen molar-refractivity contribution in [1.29, 1.82) is 0 Å². The van der Waals surface area contributed by atoms with Gasteiger partial charge in [0.2, 0.25) is 0 Å². The molecule has 2 aromatic heterocycles. The van der Waals surface area contributed by atoms with Gasteiger partial charge in [-0.05, 0) is 24.3 Å². The number of para-hydroxylation sites is 1. The SMILES string of the molecule is COC(=O)Cn1c(-c2ccncc2)nc2c(N)cccc21. The molecule has 0 aliphatic carbocycles. The molecule has 2 heterocycles. The third-order valence-electron chi connectivity index (χ3n) is 3.26. The normalized spacial score (nSPS) is 10.7. The first-order valence-electron chi connectivity index (χ1n) is 6.42. The lowest BCUT2D eigenvalue weighted by atomic mass is 10.2. The number of nitrogen functional groups attached to an aromatic ring is 1. The fraction of sp³-hybridized carbons (Fsp3) is 0.133. The summed E-state index contributed by atoms with van der Waals surface area (Å²) in [4.78, 5) is 20.2. The van der Waals surface area contributed by atoms with E-state index in [2.05, 4.69) is 9.97 Å². The molecule has 3 aromatic rings. The summed E-state index contributed by atoms with van der Waals surface area (Å²) < 4.78 is 6.56. The number of carbonyl (C=O) groups excluding carboxylic acids is 1. The Hall–Kier alpha value is -2.89. The fourth-order valence-corrected chi connectivity index (χ4v) is 2.24. The predicted octanol–water partition coefficient (Wildman–Crippen LogP) is 1.85. The van der Waals surface area contributed by atoms with Crippen LogP contribution < -0.4 is 5.73 Å². The Morgan fingerprint density at radius 2 is 2.05 bits per heavy atom. The molecule has 0 bridgehead atoms. The van der Waals surface area contributed by atoms with Crippen LogP contribution >= 0.6 is 0 Å². The number of benzene rings is 1. The number of nitrogens with zero attached hydrogens (tertiary/aromatic N) is 3. The summed E-state index contributed by atoms with van der Waals surface area (Å²) in [6, 6.07) is 9.18. The van der Waals surface area contributed by atoms with Crippen molar-refractivity contribution in [2.45, 2.75) is 6.54 Å². The van der Waals surface area contributed by atoms with Gasteiger partial charge in [0.1, 0.15) is 17.9 Å². The standard InChI is InChI=1S/C15H14N4O2/c1-21-13(20)9-19-12-4-2-3-11(16)14(12)18-15(19)10-5-7-17-8-6-10/h2-8H,9,16H2,1H3. The van der Waals surface area contributed by atoms with Crippen molar-refractivity contribution in [2.24, 2.45) is 0 Å². The molecule has 0 atom stereocenters. The fourth-order valence-electron chi connectivity index (χ4n) is 2.24. The van der Waals surface area contributed by atoms with Crippen LogP contribution in [-0.2, 0) is 16.1 Å². The number of anilines is 1. The molecule has 6 nitrogen and oxygen atoms in total. The molecule has 3 rings (SSSR count). The number of esters is 1. The Bertz CT molecular complexity index is 796. The van der Waals surface area contributed by atoms with Crippen molar-refractivity contribution in [1.82, 2.24) is 14.5 Å². The molecule has 21 heavy (non-hydrogen) atoms. The Morgan fingerprint density at radius 3 is 2.76 bits per heavy atom. The van der Waals surface area contributed by atoms with Crippen LogP contribution in [0.25, 0.3) is 22.4 Å². The average molecular weight is 282 g/mol. The largest absolute Gasteiger partial charge is 0.468 e. The number of aromatic nitrogens is 3. The molecular formula is C15H14N4O2. The maximum Gasteiger partial charge on any atom is 0.325 e. The molecule has 2 N–H and O–H groups in total. The van der Waals surface area contributed by atoms with Crippen molar-refractivity contribution < 1.29 is 9.53 Å². The van der Waals surface area contributed by atoms with Crippen LogP contribution in [0.15, 0.2) is 42.7 Å². The number of imidazole rings is 1. The zero-order chi connectivity index (χ0) is 14.8. The van der Waals surface area contributed by atoms with Gasteiger partial charge in [0.05, 0.1) is 18.3 Å². The van der Waals surface area contributed by atoms with Crippen LogP contribution in [0.1, 0.15) is 0 Å². The van der Waals surface area contributed by atoms with Gasteiger partial charge in [-0.2, -0.15) is 0 Å². The molecule has 6 heteroatoms. The minimum Gasteiger partial charge on any atom is -0.468 e. The van der Waals surface area contributed by atoms with Gasteiger partial charge in [0.15, 0.2) is 0 Å². The number of fused-ring (bicyclic) bond motifs is 1. The summed E-state index contributed by atoms with van der Waals surface area (Å²) in [5.41, 5.74) is 8.89. The highest BCUT2D eigenvalue weighted by molar-refractivity contribution is 5.91. The van der Waals surface area contributed by atoms with Crippen LogP contribution in [0.4, 0.5) is 5.69 Å². The van der Waals surface area contributed by atoms with Crippen molar-refractivity contribution in [3.63, 3.8) is 0 Å². The molecule has 0 amide bonds. The highest BCUT2D eigenvalue weighted by Gasteiger charge is 2.16. The number of carbonyl (C=O) groups is 1. The number of hydrogen-bond acceptors (Lipinski definition) is 5. The molecule has 0 saturated carbocycles. The second-order valence-electron chi connectivity index (χ2n) is 4.55. The highest BCUT2D eigenvalue weighted by atomic mass is 16.5. The van der Waals surface area contributed by atoms with Gasteiger partial charge in [-0.15, -0.1) is 0 Å². The number of nitrogens with two attached hydrogens (primary N) is 1. The summed E-state index contributed by atoms with van der Waals surface area (Å²) >= 11 is 0. The molecule has 0 saturated heterocycles. The van der Waals surface area contributed by atoms with E-state index < -0.39 is 0 Å². The number of pyridine rings is 1. The van der Waals surface area contributed by atoms with E-state index in [9.17, 15) is 4.79 Å². The number of hydrogen-bond donors (Lipinski definition) is 1. The lowest BCUT2D eigenvalue weighted by Gasteiger charge is -2.07. The quantitative estimate of drug-likeness (QED) is 0.585. The highest BCUT2D eigenvalue weighted by Crippen LogP contribution is 2.27. The smallest absolute Gasteiger partial charge is 0.325 e. The zero-order valence-corrected chi connectivity index (χ0v) is 11.5. The summed E-state index contributed by atoms with van der Waals surface area (Å²) in [5.74, 6) is 0.322. The van der Waals surface area contributed by atoms with Gasteiger partial charge in [-0.3, -0.25) is 9.78 Å². The molecule has 0 aliphatic heterocycles. The maximum absolute atomic E-state index is 11.7. The van der Waals surface area contributed by atoms with Crippen molar-refractivity contribution in [2.75, 3.05) is 12.8 Å². The number of methoxy groups -OCH3 is 1. The number of rotatable bonds is 3. The first kappa shape index (κ1) is 13.1. The molecule has 106 valence electrons. The van der Waals surface area contributed by atoms with E-state index in [1.807, 2.05) is 24.3 Å². The van der Waals surface area contributed by atoms with Crippen LogP contribution in [-0.4, -0.2) is 27.6 Å². The topological polar surface area (TPSA) is 83.0 Å². The molecular weight excluding hydrogens is 268 g/mol. The van der Waals surface area contributed by atoms with E-state index in [0.29, 0.717) is 17.0 Å². The zero-order valence-electron chi connectivity index (χ0n) is 11.5. The Kier molecular flexibility index (Phi) is 3.27. The Morgan fingerprint density at radius 1 is 1.29 bits per heavy atom. The lowest BCUT2D eigenvalue weighted by molar-refractivity contribution is -0.141. The van der Waals surface area contributed by atoms with E-state index in [4.69, 9.17) is 10.5 Å². The van der Waals surface area contributed by atoms with Gasteiger partial charge in [-0.25, -0.2) is 4.98 Å². The molecule has 0 aliphatic rings. The van der Waals surface area contributed by atoms with Crippen LogP contribution in [0.3, 0.4) is 0 Å². The van der Waals surface area contributed by atoms with Crippen LogP contribution in [0.5, 0.6) is 0 Å². The van der Waals surface area contributed by atoms with E-state index in [0.717, 1.165) is 11.1 Å². The van der Waals surface area contributed by atoms with Gasteiger partial charge in [0, 0.05) is 18.0 Å². The summed E-state index contributed by atoms with van der Waals surface area (Å²) in [6.07, 6.45) is 3.36. The monoisotopic (exact) mass is 282 g/mol. The molecule has 0 unspecified atom stereocenters. The van der Waals surface area contributed by atoms with E-state index in [1.165, 1.54) is 7.11 Å². The number of ether oxygens (including phenoxy) is 1. The second-order valence-corrected chi connectivity index (χ2v) is 4.55. The van der Waals surface area contributed by atoms with Gasteiger partial charge in [0.25, 0.3) is 0 Å². The summed E-state index contributed by atoms with van der Waals surface area (Å²) in [7, 11) is 1.36. The van der Waals surface area contributed by atoms with E-state index in [1.54, 1.807) is 23.0 Å². The van der Waals surface area contributed by atoms with Crippen LogP contribution in [0.2, 0.25) is 0 Å². The first-order valence-corrected chi connectivity index (χ1v) is 6.42. The summed E-state index contributed by atoms with van der Waals surface area (Å²) in [5, 5.41) is 0. The van der Waals surface area contributed by atoms with E-state index >= 15 is 0 Å². The molecule has 0 radical (unpaired) electrons. The molecule has 0 fully saturated rings. The Labute approximate surface area is 121 Å². The van der Waals surface area contributed by atoms with Crippen molar-refractivity contribution in [3.05, 3.63) is 42.7 Å². The second kappa shape index (κ2) is 5.24. The van der Waals surface area contributed by atoms with E-state index in [-0.39, 0.29) is 12.5 Å². The van der Waals surface area contributed by atoms with Gasteiger partial charge in [-0.1, -0.05) is 6.07 Å². The van der Waals surface area contributed by atoms with Crippen LogP contribution in [0, 0.1) is 0 Å². The third-order valence-corrected chi connectivity index (χ3v) is 3.26. The first-order chi connectivity index (χ1) is 10.2. The molecule has 0 spiro atoms. The van der Waals surface area contributed by atoms with Gasteiger partial charge >= 0.3 is 5.97 Å². The minimum absolute atomic E-state index is 0.0775. The Balaban J connectivity index is 2.25.